The van der Waals surface area contributed by atoms with Crippen LogP contribution in [0.25, 0.3) is 0 Å². The van der Waals surface area contributed by atoms with E-state index in [9.17, 15) is 4.79 Å². The number of nitrogens with zero attached hydrogens (tertiary/aromatic N) is 5. The first-order valence-electron chi connectivity index (χ1n) is 9.80. The fourth-order valence-corrected chi connectivity index (χ4v) is 3.94. The number of hydrogen-bond donors (Lipinski definition) is 0. The Morgan fingerprint density at radius 2 is 1.88 bits per heavy atom. The lowest BCUT2D eigenvalue weighted by molar-refractivity contribution is 0.0962. The van der Waals surface area contributed by atoms with Gasteiger partial charge in [0.15, 0.2) is 0 Å². The van der Waals surface area contributed by atoms with Crippen LogP contribution >= 0.6 is 0 Å². The van der Waals surface area contributed by atoms with E-state index in [-0.39, 0.29) is 12.1 Å². The summed E-state index contributed by atoms with van der Waals surface area (Å²) in [6.07, 6.45) is 5.84. The van der Waals surface area contributed by atoms with E-state index in [1.807, 2.05) is 14.0 Å². The number of aromatic nitrogens is 2. The van der Waals surface area contributed by atoms with Crippen molar-refractivity contribution in [3.63, 3.8) is 0 Å². The van der Waals surface area contributed by atoms with Crippen molar-refractivity contribution in [1.82, 2.24) is 14.9 Å². The molecule has 0 spiro atoms. The highest BCUT2D eigenvalue weighted by Crippen LogP contribution is 2.26. The minimum absolute atomic E-state index is 0.227. The van der Waals surface area contributed by atoms with Crippen LogP contribution in [0.5, 0.6) is 0 Å². The first kappa shape index (κ1) is 18.7. The van der Waals surface area contributed by atoms with Gasteiger partial charge in [-0.3, -0.25) is 0 Å². The Morgan fingerprint density at radius 3 is 2.54 bits per heavy atom. The average Bonchev–Trinajstić information content (AvgIpc) is 2.68. The van der Waals surface area contributed by atoms with Crippen molar-refractivity contribution in [2.45, 2.75) is 45.6 Å². The second kappa shape index (κ2) is 8.56. The SMILES string of the molecule is CCOC(=O)N(C)C1CCN(c2cc(N3CCCC(C)C3)ncn2)CC1. The quantitative estimate of drug-likeness (QED) is 0.822. The van der Waals surface area contributed by atoms with Gasteiger partial charge in [0.1, 0.15) is 18.0 Å². The fourth-order valence-electron chi connectivity index (χ4n) is 3.94. The molecule has 3 heterocycles. The van der Waals surface area contributed by atoms with Crippen molar-refractivity contribution in [3.05, 3.63) is 12.4 Å². The van der Waals surface area contributed by atoms with Crippen LogP contribution in [0.15, 0.2) is 12.4 Å². The predicted octanol–water partition coefficient (Wildman–Crippen LogP) is 2.77. The smallest absolute Gasteiger partial charge is 0.409 e. The molecule has 144 valence electrons. The molecule has 2 fully saturated rings. The summed E-state index contributed by atoms with van der Waals surface area (Å²) in [4.78, 5) is 27.3. The Kier molecular flexibility index (Phi) is 6.16. The summed E-state index contributed by atoms with van der Waals surface area (Å²) in [6, 6.07) is 2.35. The molecule has 1 unspecified atom stereocenters. The van der Waals surface area contributed by atoms with Gasteiger partial charge in [-0.25, -0.2) is 14.8 Å². The van der Waals surface area contributed by atoms with Crippen LogP contribution in [-0.2, 0) is 4.74 Å². The Balaban J connectivity index is 1.59. The molecule has 0 aliphatic carbocycles. The van der Waals surface area contributed by atoms with E-state index in [1.165, 1.54) is 12.8 Å². The molecular formula is C19H31N5O2. The van der Waals surface area contributed by atoms with Gasteiger partial charge in [0.05, 0.1) is 6.61 Å². The minimum atomic E-state index is -0.227. The van der Waals surface area contributed by atoms with Gasteiger partial charge in [-0.05, 0) is 38.5 Å². The Bertz CT molecular complexity index is 603. The summed E-state index contributed by atoms with van der Waals surface area (Å²) in [7, 11) is 1.83. The molecule has 0 aromatic carbocycles. The zero-order valence-corrected chi connectivity index (χ0v) is 16.2. The van der Waals surface area contributed by atoms with Crippen molar-refractivity contribution in [1.29, 1.82) is 0 Å². The van der Waals surface area contributed by atoms with Crippen LogP contribution in [0.2, 0.25) is 0 Å². The zero-order valence-electron chi connectivity index (χ0n) is 16.2. The van der Waals surface area contributed by atoms with E-state index < -0.39 is 0 Å². The number of carbonyl (C=O) groups excluding carboxylic acids is 1. The van der Waals surface area contributed by atoms with Crippen LogP contribution in [0.1, 0.15) is 39.5 Å². The largest absolute Gasteiger partial charge is 0.450 e. The average molecular weight is 361 g/mol. The first-order valence-corrected chi connectivity index (χ1v) is 9.80. The van der Waals surface area contributed by atoms with E-state index >= 15 is 0 Å². The van der Waals surface area contributed by atoms with Crippen molar-refractivity contribution in [2.24, 2.45) is 5.92 Å². The van der Waals surface area contributed by atoms with Crippen LogP contribution in [0.4, 0.5) is 16.4 Å². The molecule has 0 saturated carbocycles. The molecule has 2 aliphatic heterocycles. The summed E-state index contributed by atoms with van der Waals surface area (Å²) >= 11 is 0. The summed E-state index contributed by atoms with van der Waals surface area (Å²) in [5, 5.41) is 0. The highest BCUT2D eigenvalue weighted by atomic mass is 16.6. The van der Waals surface area contributed by atoms with Gasteiger partial charge in [-0.1, -0.05) is 6.92 Å². The Morgan fingerprint density at radius 1 is 1.19 bits per heavy atom. The van der Waals surface area contributed by atoms with E-state index in [4.69, 9.17) is 4.74 Å². The van der Waals surface area contributed by atoms with Crippen molar-refractivity contribution >= 4 is 17.7 Å². The summed E-state index contributed by atoms with van der Waals surface area (Å²) in [5.41, 5.74) is 0. The third-order valence-electron chi connectivity index (χ3n) is 5.51. The van der Waals surface area contributed by atoms with Gasteiger partial charge in [0.25, 0.3) is 0 Å². The lowest BCUT2D eigenvalue weighted by atomic mass is 10.0. The predicted molar refractivity (Wildman–Crippen MR) is 103 cm³/mol. The normalized spacial score (nSPS) is 21.6. The van der Waals surface area contributed by atoms with Gasteiger partial charge in [0.2, 0.25) is 0 Å². The Hall–Kier alpha value is -2.05. The van der Waals surface area contributed by atoms with E-state index in [2.05, 4.69) is 32.8 Å². The molecule has 7 heteroatoms. The minimum Gasteiger partial charge on any atom is -0.450 e. The van der Waals surface area contributed by atoms with Gasteiger partial charge >= 0.3 is 6.09 Å². The van der Waals surface area contributed by atoms with Crippen LogP contribution < -0.4 is 9.80 Å². The number of anilines is 2. The number of rotatable bonds is 4. The summed E-state index contributed by atoms with van der Waals surface area (Å²) < 4.78 is 5.11. The van der Waals surface area contributed by atoms with E-state index in [1.54, 1.807) is 11.2 Å². The van der Waals surface area contributed by atoms with E-state index in [0.29, 0.717) is 6.61 Å². The monoisotopic (exact) mass is 361 g/mol. The lowest BCUT2D eigenvalue weighted by Crippen LogP contribution is -2.46. The molecule has 1 atom stereocenters. The molecule has 0 bridgehead atoms. The molecule has 1 aromatic heterocycles. The molecule has 1 amide bonds. The second-order valence-corrected chi connectivity index (χ2v) is 7.46. The fraction of sp³-hybridized carbons (Fsp3) is 0.737. The van der Waals surface area contributed by atoms with Gasteiger partial charge in [-0.15, -0.1) is 0 Å². The van der Waals surface area contributed by atoms with Gasteiger partial charge in [-0.2, -0.15) is 0 Å². The number of piperidine rings is 2. The van der Waals surface area contributed by atoms with Crippen LogP contribution in [0.3, 0.4) is 0 Å². The number of ether oxygens (including phenoxy) is 1. The third-order valence-corrected chi connectivity index (χ3v) is 5.51. The zero-order chi connectivity index (χ0) is 18.5. The topological polar surface area (TPSA) is 61.8 Å². The van der Waals surface area contributed by atoms with Crippen molar-refractivity contribution in [3.8, 4) is 0 Å². The van der Waals surface area contributed by atoms with Gasteiger partial charge < -0.3 is 19.4 Å². The standard InChI is InChI=1S/C19H31N5O2/c1-4-26-19(25)22(3)16-7-10-23(11-8-16)17-12-18(21-14-20-17)24-9-5-6-15(2)13-24/h12,14-16H,4-11,13H2,1-3H3. The molecular weight excluding hydrogens is 330 g/mol. The molecule has 3 rings (SSSR count). The molecule has 0 radical (unpaired) electrons. The molecule has 26 heavy (non-hydrogen) atoms. The Labute approximate surface area is 156 Å². The molecule has 2 aliphatic rings. The lowest BCUT2D eigenvalue weighted by Gasteiger charge is -2.37. The number of amides is 1. The number of carbonyl (C=O) groups is 1. The highest BCUT2D eigenvalue weighted by Gasteiger charge is 2.27. The maximum absolute atomic E-state index is 11.9. The maximum atomic E-state index is 11.9. The first-order chi connectivity index (χ1) is 12.6. The molecule has 0 N–H and O–H groups in total. The molecule has 2 saturated heterocycles. The van der Waals surface area contributed by atoms with Crippen molar-refractivity contribution < 1.29 is 9.53 Å². The second-order valence-electron chi connectivity index (χ2n) is 7.46. The summed E-state index contributed by atoms with van der Waals surface area (Å²) in [5.74, 6) is 2.74. The molecule has 1 aromatic rings. The third kappa shape index (κ3) is 4.37. The van der Waals surface area contributed by atoms with Gasteiger partial charge in [0, 0.05) is 45.3 Å². The maximum Gasteiger partial charge on any atom is 0.409 e. The van der Waals surface area contributed by atoms with Crippen LogP contribution in [-0.4, -0.2) is 66.8 Å². The summed E-state index contributed by atoms with van der Waals surface area (Å²) in [6.45, 7) is 8.49. The highest BCUT2D eigenvalue weighted by molar-refractivity contribution is 5.67. The van der Waals surface area contributed by atoms with Crippen LogP contribution in [0, 0.1) is 5.92 Å². The van der Waals surface area contributed by atoms with E-state index in [0.717, 1.165) is 56.6 Å². The number of hydrogen-bond acceptors (Lipinski definition) is 6. The molecule has 7 nitrogen and oxygen atoms in total. The van der Waals surface area contributed by atoms with Crippen molar-refractivity contribution in [2.75, 3.05) is 49.6 Å².